The summed E-state index contributed by atoms with van der Waals surface area (Å²) in [5, 5.41) is 12.6. The molecular weight excluding hydrogens is 410 g/mol. The topological polar surface area (TPSA) is 148 Å². The van der Waals surface area contributed by atoms with E-state index in [0.29, 0.717) is 5.01 Å². The third-order valence-corrected chi connectivity index (χ3v) is 6.30. The van der Waals surface area contributed by atoms with Crippen molar-refractivity contribution in [2.75, 3.05) is 7.05 Å². The molecule has 4 N–H and O–H groups in total. The summed E-state index contributed by atoms with van der Waals surface area (Å²) in [7, 11) is -2.91. The zero-order valence-electron chi connectivity index (χ0n) is 15.6. The first-order valence-electron chi connectivity index (χ1n) is 8.01. The first-order chi connectivity index (χ1) is 12.9. The number of sulfonamides is 1. The predicted octanol–water partition coefficient (Wildman–Crippen LogP) is 1.20. The van der Waals surface area contributed by atoms with Gasteiger partial charge in [0, 0.05) is 7.05 Å². The first-order valence-corrected chi connectivity index (χ1v) is 10.3. The summed E-state index contributed by atoms with van der Waals surface area (Å²) >= 11 is 0.766. The average Bonchev–Trinajstić information content (AvgIpc) is 2.81. The molecule has 0 aromatic heterocycles. The number of hydrogen-bond donors (Lipinski definition) is 4. The Morgan fingerprint density at radius 3 is 2.36 bits per heavy atom. The molecule has 0 radical (unpaired) electrons. The van der Waals surface area contributed by atoms with Gasteiger partial charge in [0.25, 0.3) is 10.0 Å². The van der Waals surface area contributed by atoms with Gasteiger partial charge in [0.1, 0.15) is 0 Å². The molecule has 13 heteroatoms. The third-order valence-electron chi connectivity index (χ3n) is 3.85. The normalized spacial score (nSPS) is 18.5. The summed E-state index contributed by atoms with van der Waals surface area (Å²) in [6, 6.07) is 3.66. The minimum atomic E-state index is -4.19. The van der Waals surface area contributed by atoms with Crippen LogP contribution < -0.4 is 15.5 Å². The maximum Gasteiger partial charge on any atom is 0.347 e. The molecule has 28 heavy (non-hydrogen) atoms. The van der Waals surface area contributed by atoms with Crippen LogP contribution in [0.2, 0.25) is 0 Å². The molecule has 1 saturated heterocycles. The van der Waals surface area contributed by atoms with Gasteiger partial charge in [-0.15, -0.1) is 0 Å². The number of amides is 5. The lowest BCUT2D eigenvalue weighted by atomic mass is 10.1. The Morgan fingerprint density at radius 2 is 1.82 bits per heavy atom. The molecule has 1 atom stereocenters. The van der Waals surface area contributed by atoms with Crippen LogP contribution >= 0.6 is 11.8 Å². The van der Waals surface area contributed by atoms with Crippen LogP contribution in [0.3, 0.4) is 0 Å². The van der Waals surface area contributed by atoms with Gasteiger partial charge in [-0.2, -0.15) is 5.06 Å². The molecule has 1 aromatic carbocycles. The van der Waals surface area contributed by atoms with Crippen molar-refractivity contribution in [2.45, 2.75) is 36.6 Å². The largest absolute Gasteiger partial charge is 0.347 e. The zero-order chi connectivity index (χ0) is 21.3. The summed E-state index contributed by atoms with van der Waals surface area (Å²) in [5.74, 6) is 0. The molecule has 1 unspecified atom stereocenters. The van der Waals surface area contributed by atoms with E-state index in [2.05, 4.69) is 10.7 Å². The second-order valence-corrected chi connectivity index (χ2v) is 9.76. The van der Waals surface area contributed by atoms with Crippen LogP contribution in [0.4, 0.5) is 14.4 Å². The van der Waals surface area contributed by atoms with E-state index in [-0.39, 0.29) is 9.96 Å². The van der Waals surface area contributed by atoms with Crippen LogP contribution in [0.25, 0.3) is 0 Å². The number of aryl methyl sites for hydroxylation is 1. The SMILES string of the molecule is CNC(=O)N(O)C1N(NC(=O)NS(=O)(=O)c2ccc(C)cc2)C(=O)SC1(C)C. The molecule has 154 valence electrons. The van der Waals surface area contributed by atoms with E-state index in [9.17, 15) is 28.0 Å². The molecule has 0 bridgehead atoms. The Bertz CT molecular complexity index is 887. The minimum absolute atomic E-state index is 0.138. The lowest BCUT2D eigenvalue weighted by molar-refractivity contribution is -0.126. The number of thioether (sulfide) groups is 1. The van der Waals surface area contributed by atoms with Crippen molar-refractivity contribution >= 4 is 39.1 Å². The molecular formula is C15H21N5O6S2. The standard InChI is InChI=1S/C15H21N5O6S2/c1-9-5-7-10(8-6-9)28(25,26)18-12(21)17-19-11(20(24)13(22)16-4)15(2,3)27-14(19)23/h5-8,11,24H,1-4H3,(H,16,22)(H2,17,18,21). The van der Waals surface area contributed by atoms with Gasteiger partial charge < -0.3 is 5.32 Å². The monoisotopic (exact) mass is 431 g/mol. The van der Waals surface area contributed by atoms with Crippen LogP contribution in [0.15, 0.2) is 29.2 Å². The van der Waals surface area contributed by atoms with Gasteiger partial charge in [0.2, 0.25) is 0 Å². The van der Waals surface area contributed by atoms with Crippen LogP contribution in [0.1, 0.15) is 19.4 Å². The maximum atomic E-state index is 12.3. The molecule has 5 amide bonds. The van der Waals surface area contributed by atoms with Gasteiger partial charge in [-0.25, -0.2) is 33.2 Å². The number of nitrogens with one attached hydrogen (secondary N) is 3. The number of benzene rings is 1. The van der Waals surface area contributed by atoms with E-state index in [0.717, 1.165) is 17.3 Å². The van der Waals surface area contributed by atoms with Crippen molar-refractivity contribution in [2.24, 2.45) is 0 Å². The predicted molar refractivity (Wildman–Crippen MR) is 101 cm³/mol. The fourth-order valence-electron chi connectivity index (χ4n) is 2.50. The van der Waals surface area contributed by atoms with Crippen LogP contribution in [0, 0.1) is 6.92 Å². The Kier molecular flexibility index (Phi) is 6.11. The number of carbonyl (C=O) groups excluding carboxylic acids is 3. The Hall–Kier alpha value is -2.51. The van der Waals surface area contributed by atoms with Gasteiger partial charge in [-0.1, -0.05) is 29.5 Å². The van der Waals surface area contributed by atoms with Crippen molar-refractivity contribution in [1.82, 2.24) is 25.5 Å². The van der Waals surface area contributed by atoms with Crippen molar-refractivity contribution in [1.29, 1.82) is 0 Å². The first kappa shape index (κ1) is 21.8. The highest BCUT2D eigenvalue weighted by Gasteiger charge is 2.52. The van der Waals surface area contributed by atoms with Crippen LogP contribution in [-0.2, 0) is 10.0 Å². The number of hydrogen-bond acceptors (Lipinski definition) is 7. The van der Waals surface area contributed by atoms with Gasteiger partial charge in [0.05, 0.1) is 9.64 Å². The molecule has 11 nitrogen and oxygen atoms in total. The van der Waals surface area contributed by atoms with E-state index in [1.807, 2.05) is 0 Å². The highest BCUT2D eigenvalue weighted by Crippen LogP contribution is 2.41. The third kappa shape index (κ3) is 4.48. The second-order valence-electron chi connectivity index (χ2n) is 6.47. The number of hydroxylamine groups is 2. The van der Waals surface area contributed by atoms with Gasteiger partial charge in [0.15, 0.2) is 6.17 Å². The lowest BCUT2D eigenvalue weighted by Gasteiger charge is -2.35. The summed E-state index contributed by atoms with van der Waals surface area (Å²) in [5.41, 5.74) is 2.92. The van der Waals surface area contributed by atoms with Gasteiger partial charge >= 0.3 is 17.3 Å². The molecule has 0 saturated carbocycles. The van der Waals surface area contributed by atoms with Gasteiger partial charge in [-0.3, -0.25) is 10.0 Å². The fraction of sp³-hybridized carbons (Fsp3) is 0.400. The fourth-order valence-corrected chi connectivity index (χ4v) is 4.41. The van der Waals surface area contributed by atoms with E-state index in [4.69, 9.17) is 0 Å². The highest BCUT2D eigenvalue weighted by atomic mass is 32.2. The molecule has 1 heterocycles. The van der Waals surface area contributed by atoms with E-state index in [1.54, 1.807) is 37.6 Å². The number of hydrazine groups is 1. The number of urea groups is 2. The maximum absolute atomic E-state index is 12.3. The van der Waals surface area contributed by atoms with E-state index in [1.165, 1.54) is 19.2 Å². The van der Waals surface area contributed by atoms with Crippen molar-refractivity contribution in [3.8, 4) is 0 Å². The summed E-state index contributed by atoms with van der Waals surface area (Å²) in [6.45, 7) is 4.94. The lowest BCUT2D eigenvalue weighted by Crippen LogP contribution is -2.62. The highest BCUT2D eigenvalue weighted by molar-refractivity contribution is 8.15. The van der Waals surface area contributed by atoms with Crippen molar-refractivity contribution in [3.05, 3.63) is 29.8 Å². The summed E-state index contributed by atoms with van der Waals surface area (Å²) < 4.78 is 25.4. The molecule has 0 aliphatic carbocycles. The summed E-state index contributed by atoms with van der Waals surface area (Å²) in [4.78, 5) is 36.1. The van der Waals surface area contributed by atoms with Crippen molar-refractivity contribution < 1.29 is 28.0 Å². The Labute approximate surface area is 166 Å². The molecule has 1 aliphatic rings. The quantitative estimate of drug-likeness (QED) is 0.413. The average molecular weight is 431 g/mol. The smallest absolute Gasteiger partial charge is 0.339 e. The van der Waals surface area contributed by atoms with Crippen LogP contribution in [0.5, 0.6) is 0 Å². The molecule has 2 rings (SSSR count). The number of carbonyl (C=O) groups is 3. The molecule has 1 fully saturated rings. The number of nitrogens with zero attached hydrogens (tertiary/aromatic N) is 2. The van der Waals surface area contributed by atoms with E-state index < -0.39 is 38.2 Å². The number of rotatable bonds is 4. The summed E-state index contributed by atoms with van der Waals surface area (Å²) in [6.07, 6.45) is -1.28. The van der Waals surface area contributed by atoms with E-state index >= 15 is 0 Å². The minimum Gasteiger partial charge on any atom is -0.339 e. The van der Waals surface area contributed by atoms with Crippen LogP contribution in [-0.4, -0.2) is 59.0 Å². The molecule has 0 spiro atoms. The van der Waals surface area contributed by atoms with Gasteiger partial charge in [-0.05, 0) is 32.9 Å². The Morgan fingerprint density at radius 1 is 1.25 bits per heavy atom. The zero-order valence-corrected chi connectivity index (χ0v) is 17.2. The Balaban J connectivity index is 2.19. The van der Waals surface area contributed by atoms with Crippen molar-refractivity contribution in [3.63, 3.8) is 0 Å². The molecule has 1 aliphatic heterocycles. The molecule has 1 aromatic rings. The second kappa shape index (κ2) is 7.85.